The molecule has 0 atom stereocenters. The second kappa shape index (κ2) is 9.39. The molecule has 1 aliphatic carbocycles. The minimum absolute atomic E-state index is 0.000630. The van der Waals surface area contributed by atoms with Crippen molar-refractivity contribution in [1.29, 1.82) is 0 Å². The molecule has 2 amide bonds. The molecule has 1 heterocycles. The van der Waals surface area contributed by atoms with Gasteiger partial charge in [0.25, 0.3) is 0 Å². The Labute approximate surface area is 197 Å². The number of halogens is 2. The highest BCUT2D eigenvalue weighted by atomic mass is 35.5. The fraction of sp³-hybridized carbons (Fsp3) is 0.364. The van der Waals surface area contributed by atoms with E-state index in [-0.39, 0.29) is 51.7 Å². The maximum absolute atomic E-state index is 13.0. The summed E-state index contributed by atoms with van der Waals surface area (Å²) in [5.74, 6) is -0.410. The molecule has 1 saturated carbocycles. The van der Waals surface area contributed by atoms with Crippen molar-refractivity contribution in [3.8, 4) is 0 Å². The molecular formula is C22H23Cl2N3O4S. The molecule has 2 N–H and O–H groups in total. The smallest absolute Gasteiger partial charge is 0.246 e. The van der Waals surface area contributed by atoms with Crippen LogP contribution in [-0.4, -0.2) is 37.6 Å². The van der Waals surface area contributed by atoms with E-state index in [0.29, 0.717) is 24.2 Å². The Kier molecular flexibility index (Phi) is 6.76. The predicted molar refractivity (Wildman–Crippen MR) is 124 cm³/mol. The van der Waals surface area contributed by atoms with Crippen LogP contribution in [0.4, 0.5) is 11.4 Å². The van der Waals surface area contributed by atoms with Crippen LogP contribution in [0.5, 0.6) is 0 Å². The highest BCUT2D eigenvalue weighted by Crippen LogP contribution is 2.34. The first-order chi connectivity index (χ1) is 15.3. The second-order valence-electron chi connectivity index (χ2n) is 8.06. The SMILES string of the molecule is O=C(Nc1cccc(NC(=O)C2CCN(S(=O)(=O)c3c(Cl)cccc3Cl)CC2)c1)C1CC1. The van der Waals surface area contributed by atoms with Crippen molar-refractivity contribution in [2.75, 3.05) is 23.7 Å². The van der Waals surface area contributed by atoms with Crippen LogP contribution in [0.1, 0.15) is 25.7 Å². The molecule has 2 aromatic rings. The Hall–Kier alpha value is -2.13. The third kappa shape index (κ3) is 5.09. The van der Waals surface area contributed by atoms with Crippen LogP contribution in [0, 0.1) is 11.8 Å². The number of anilines is 2. The molecule has 170 valence electrons. The van der Waals surface area contributed by atoms with E-state index in [4.69, 9.17) is 23.2 Å². The summed E-state index contributed by atoms with van der Waals surface area (Å²) in [5.41, 5.74) is 1.22. The molecule has 0 unspecified atom stereocenters. The first-order valence-corrected chi connectivity index (χ1v) is 12.6. The maximum atomic E-state index is 13.0. The van der Waals surface area contributed by atoms with Gasteiger partial charge in [-0.3, -0.25) is 9.59 Å². The van der Waals surface area contributed by atoms with E-state index in [9.17, 15) is 18.0 Å². The van der Waals surface area contributed by atoms with Gasteiger partial charge >= 0.3 is 0 Å². The summed E-state index contributed by atoms with van der Waals surface area (Å²) in [6.07, 6.45) is 2.59. The molecule has 2 aromatic carbocycles. The predicted octanol–water partition coefficient (Wildman–Crippen LogP) is 4.38. The summed E-state index contributed by atoms with van der Waals surface area (Å²) < 4.78 is 27.3. The Morgan fingerprint density at radius 3 is 1.78 bits per heavy atom. The number of hydrogen-bond donors (Lipinski definition) is 2. The maximum Gasteiger partial charge on any atom is 0.246 e. The lowest BCUT2D eigenvalue weighted by molar-refractivity contribution is -0.121. The quantitative estimate of drug-likeness (QED) is 0.621. The number of nitrogens with one attached hydrogen (secondary N) is 2. The number of nitrogens with zero attached hydrogens (tertiary/aromatic N) is 1. The monoisotopic (exact) mass is 495 g/mol. The zero-order valence-corrected chi connectivity index (χ0v) is 19.5. The number of sulfonamides is 1. The molecule has 7 nitrogen and oxygen atoms in total. The highest BCUT2D eigenvalue weighted by Gasteiger charge is 2.34. The lowest BCUT2D eigenvalue weighted by atomic mass is 9.97. The van der Waals surface area contributed by atoms with Gasteiger partial charge in [-0.25, -0.2) is 8.42 Å². The molecule has 2 fully saturated rings. The topological polar surface area (TPSA) is 95.6 Å². The van der Waals surface area contributed by atoms with Gasteiger partial charge in [0.2, 0.25) is 21.8 Å². The van der Waals surface area contributed by atoms with E-state index in [2.05, 4.69) is 10.6 Å². The summed E-state index contributed by atoms with van der Waals surface area (Å²) >= 11 is 12.2. The van der Waals surface area contributed by atoms with Gasteiger partial charge in [0.15, 0.2) is 0 Å². The largest absolute Gasteiger partial charge is 0.326 e. The third-order valence-electron chi connectivity index (χ3n) is 5.69. The Morgan fingerprint density at radius 2 is 1.28 bits per heavy atom. The molecular weight excluding hydrogens is 473 g/mol. The number of carbonyl (C=O) groups is 2. The van der Waals surface area contributed by atoms with Gasteiger partial charge in [0, 0.05) is 36.3 Å². The van der Waals surface area contributed by atoms with E-state index < -0.39 is 10.0 Å². The van der Waals surface area contributed by atoms with Crippen molar-refractivity contribution in [2.45, 2.75) is 30.6 Å². The van der Waals surface area contributed by atoms with Gasteiger partial charge in [-0.15, -0.1) is 0 Å². The van der Waals surface area contributed by atoms with Crippen LogP contribution in [-0.2, 0) is 19.6 Å². The molecule has 0 spiro atoms. The summed E-state index contributed by atoms with van der Waals surface area (Å²) in [5, 5.41) is 5.88. The fourth-order valence-corrected chi connectivity index (χ4v) is 6.29. The third-order valence-corrected chi connectivity index (χ3v) is 8.54. The van der Waals surface area contributed by atoms with E-state index in [1.807, 2.05) is 0 Å². The van der Waals surface area contributed by atoms with Crippen molar-refractivity contribution in [3.05, 3.63) is 52.5 Å². The van der Waals surface area contributed by atoms with Crippen LogP contribution in [0.25, 0.3) is 0 Å². The number of carbonyl (C=O) groups excluding carboxylic acids is 2. The minimum Gasteiger partial charge on any atom is -0.326 e. The molecule has 32 heavy (non-hydrogen) atoms. The standard InChI is InChI=1S/C22H23Cl2N3O4S/c23-18-5-2-6-19(24)20(18)32(30,31)27-11-9-15(10-12-27)22(29)26-17-4-1-3-16(13-17)25-21(28)14-7-8-14/h1-6,13-15H,7-12H2,(H,25,28)(H,26,29). The van der Waals surface area contributed by atoms with Gasteiger partial charge in [-0.05, 0) is 56.0 Å². The van der Waals surface area contributed by atoms with E-state index in [1.165, 1.54) is 16.4 Å². The average molecular weight is 496 g/mol. The van der Waals surface area contributed by atoms with Gasteiger partial charge < -0.3 is 10.6 Å². The lowest BCUT2D eigenvalue weighted by Crippen LogP contribution is -2.41. The second-order valence-corrected chi connectivity index (χ2v) is 10.8. The van der Waals surface area contributed by atoms with Crippen LogP contribution >= 0.6 is 23.2 Å². The normalized spacial score (nSPS) is 17.7. The zero-order chi connectivity index (χ0) is 22.9. The molecule has 0 radical (unpaired) electrons. The number of hydrogen-bond acceptors (Lipinski definition) is 4. The van der Waals surface area contributed by atoms with Crippen molar-refractivity contribution < 1.29 is 18.0 Å². The van der Waals surface area contributed by atoms with Crippen molar-refractivity contribution in [1.82, 2.24) is 4.31 Å². The van der Waals surface area contributed by atoms with E-state index in [1.54, 1.807) is 30.3 Å². The Balaban J connectivity index is 1.36. The summed E-state index contributed by atoms with van der Waals surface area (Å²) in [6, 6.07) is 11.6. The fourth-order valence-electron chi connectivity index (χ4n) is 3.73. The first-order valence-electron chi connectivity index (χ1n) is 10.4. The molecule has 1 saturated heterocycles. The Bertz CT molecular complexity index is 1120. The van der Waals surface area contributed by atoms with E-state index >= 15 is 0 Å². The number of piperidine rings is 1. The van der Waals surface area contributed by atoms with E-state index in [0.717, 1.165) is 12.8 Å². The van der Waals surface area contributed by atoms with Gasteiger partial charge in [0.1, 0.15) is 4.90 Å². The average Bonchev–Trinajstić information content (AvgIpc) is 3.59. The van der Waals surface area contributed by atoms with Crippen molar-refractivity contribution >= 4 is 56.4 Å². The summed E-state index contributed by atoms with van der Waals surface area (Å²) in [6.45, 7) is 0.388. The minimum atomic E-state index is -3.85. The summed E-state index contributed by atoms with van der Waals surface area (Å²) in [7, 11) is -3.85. The zero-order valence-electron chi connectivity index (χ0n) is 17.2. The van der Waals surface area contributed by atoms with Crippen molar-refractivity contribution in [3.63, 3.8) is 0 Å². The van der Waals surface area contributed by atoms with Crippen LogP contribution in [0.15, 0.2) is 47.4 Å². The number of rotatable bonds is 6. The van der Waals surface area contributed by atoms with Gasteiger partial charge in [-0.1, -0.05) is 35.3 Å². The van der Waals surface area contributed by atoms with Gasteiger partial charge in [-0.2, -0.15) is 4.31 Å². The van der Waals surface area contributed by atoms with Crippen molar-refractivity contribution in [2.24, 2.45) is 11.8 Å². The van der Waals surface area contributed by atoms with Crippen LogP contribution < -0.4 is 10.6 Å². The number of benzene rings is 2. The Morgan fingerprint density at radius 1 is 0.812 bits per heavy atom. The molecule has 10 heteroatoms. The highest BCUT2D eigenvalue weighted by molar-refractivity contribution is 7.89. The first kappa shape index (κ1) is 23.0. The molecule has 0 aromatic heterocycles. The molecule has 4 rings (SSSR count). The number of amides is 2. The van der Waals surface area contributed by atoms with Gasteiger partial charge in [0.05, 0.1) is 10.0 Å². The molecule has 2 aliphatic rings. The van der Waals surface area contributed by atoms with Crippen LogP contribution in [0.2, 0.25) is 10.0 Å². The summed E-state index contributed by atoms with van der Waals surface area (Å²) in [4.78, 5) is 24.6. The lowest BCUT2D eigenvalue weighted by Gasteiger charge is -2.31. The van der Waals surface area contributed by atoms with Crippen LogP contribution in [0.3, 0.4) is 0 Å². The molecule has 0 bridgehead atoms. The molecule has 1 aliphatic heterocycles.